The van der Waals surface area contributed by atoms with Crippen molar-refractivity contribution in [2.75, 3.05) is 14.2 Å². The Bertz CT molecular complexity index is 1010. The van der Waals surface area contributed by atoms with Crippen LogP contribution >= 0.6 is 27.5 Å². The van der Waals surface area contributed by atoms with E-state index < -0.39 is 27.6 Å². The number of methoxy groups -OCH3 is 2. The number of benzene rings is 2. The second kappa shape index (κ2) is 9.22. The van der Waals surface area contributed by atoms with Gasteiger partial charge in [-0.1, -0.05) is 27.5 Å². The summed E-state index contributed by atoms with van der Waals surface area (Å²) in [6.07, 6.45) is 1.12. The summed E-state index contributed by atoms with van der Waals surface area (Å²) in [5, 5.41) is 0.368. The summed E-state index contributed by atoms with van der Waals surface area (Å²) in [6, 6.07) is 9.79. The third-order valence-electron chi connectivity index (χ3n) is 3.38. The number of hydrogen-bond donors (Lipinski definition) is 0. The van der Waals surface area contributed by atoms with E-state index in [1.54, 1.807) is 6.07 Å². The molecule has 0 atom stereocenters. The number of hydrogen-bond acceptors (Lipinski definition) is 7. The van der Waals surface area contributed by atoms with Gasteiger partial charge in [0, 0.05) is 15.1 Å². The number of carbonyl (C=O) groups excluding carboxylic acids is 2. The lowest BCUT2D eigenvalue weighted by atomic mass is 10.1. The van der Waals surface area contributed by atoms with Gasteiger partial charge in [0.05, 0.1) is 14.2 Å². The van der Waals surface area contributed by atoms with E-state index in [4.69, 9.17) is 15.8 Å². The lowest BCUT2D eigenvalue weighted by Crippen LogP contribution is -2.16. The standard InChI is InChI=1S/C18H14BrClO7S/c1-25-17(21)15(18(22)26-2)10-11-9-12(19)3-8-16(11)27-28(23,24)14-6-4-13(20)5-7-14/h3-10H,1-2H3. The second-order valence-corrected chi connectivity index (χ2v) is 8.11. The number of halogens is 2. The van der Waals surface area contributed by atoms with Gasteiger partial charge in [0.15, 0.2) is 0 Å². The molecular weight excluding hydrogens is 476 g/mol. The van der Waals surface area contributed by atoms with Crippen molar-refractivity contribution in [3.63, 3.8) is 0 Å². The average Bonchev–Trinajstić information content (AvgIpc) is 2.67. The molecule has 0 amide bonds. The van der Waals surface area contributed by atoms with Crippen LogP contribution in [0.1, 0.15) is 5.56 Å². The molecule has 7 nitrogen and oxygen atoms in total. The topological polar surface area (TPSA) is 96.0 Å². The van der Waals surface area contributed by atoms with Crippen LogP contribution in [0.25, 0.3) is 6.08 Å². The Morgan fingerprint density at radius 1 is 1.00 bits per heavy atom. The first kappa shape index (κ1) is 21.9. The Morgan fingerprint density at radius 2 is 1.57 bits per heavy atom. The van der Waals surface area contributed by atoms with Crippen LogP contribution in [-0.2, 0) is 29.2 Å². The molecule has 0 bridgehead atoms. The highest BCUT2D eigenvalue weighted by Gasteiger charge is 2.23. The van der Waals surface area contributed by atoms with Gasteiger partial charge in [0.2, 0.25) is 0 Å². The molecule has 2 aromatic rings. The third kappa shape index (κ3) is 5.34. The Balaban J connectivity index is 2.52. The highest BCUT2D eigenvalue weighted by atomic mass is 79.9. The predicted octanol–water partition coefficient (Wildman–Crippen LogP) is 3.60. The summed E-state index contributed by atoms with van der Waals surface area (Å²) in [5.74, 6) is -2.00. The molecule has 2 aromatic carbocycles. The molecule has 0 aromatic heterocycles. The summed E-state index contributed by atoms with van der Waals surface area (Å²) in [5.41, 5.74) is -0.297. The molecule has 0 heterocycles. The predicted molar refractivity (Wildman–Crippen MR) is 105 cm³/mol. The van der Waals surface area contributed by atoms with Crippen molar-refractivity contribution < 1.29 is 31.7 Å². The van der Waals surface area contributed by atoms with E-state index in [-0.39, 0.29) is 16.2 Å². The number of esters is 2. The summed E-state index contributed by atoms with van der Waals surface area (Å²) >= 11 is 9.02. The van der Waals surface area contributed by atoms with Crippen LogP contribution in [0.15, 0.2) is 57.4 Å². The van der Waals surface area contributed by atoms with Crippen LogP contribution in [0.4, 0.5) is 0 Å². The molecule has 10 heteroatoms. The van der Waals surface area contributed by atoms with Crippen molar-refractivity contribution in [3.05, 3.63) is 63.1 Å². The van der Waals surface area contributed by atoms with Crippen molar-refractivity contribution in [2.45, 2.75) is 4.90 Å². The highest BCUT2D eigenvalue weighted by Crippen LogP contribution is 2.29. The van der Waals surface area contributed by atoms with Gasteiger partial charge in [-0.3, -0.25) is 0 Å². The Labute approximate surface area is 175 Å². The molecule has 0 spiro atoms. The first-order valence-corrected chi connectivity index (χ1v) is 10.1. The van der Waals surface area contributed by atoms with Gasteiger partial charge in [-0.05, 0) is 48.5 Å². The molecule has 0 fully saturated rings. The maximum absolute atomic E-state index is 12.5. The molecule has 2 rings (SSSR count). The van der Waals surface area contributed by atoms with Gasteiger partial charge in [0.25, 0.3) is 0 Å². The minimum atomic E-state index is -4.19. The van der Waals surface area contributed by atoms with Gasteiger partial charge in [0.1, 0.15) is 16.2 Å². The second-order valence-electron chi connectivity index (χ2n) is 5.21. The van der Waals surface area contributed by atoms with E-state index in [0.717, 1.165) is 20.3 Å². The van der Waals surface area contributed by atoms with Gasteiger partial charge in [-0.25, -0.2) is 9.59 Å². The van der Waals surface area contributed by atoms with Crippen LogP contribution in [0, 0.1) is 0 Å². The minimum Gasteiger partial charge on any atom is -0.465 e. The fourth-order valence-corrected chi connectivity index (χ4v) is 3.51. The average molecular weight is 490 g/mol. The molecule has 0 unspecified atom stereocenters. The van der Waals surface area contributed by atoms with E-state index in [1.165, 1.54) is 36.4 Å². The number of rotatable bonds is 6. The lowest BCUT2D eigenvalue weighted by Gasteiger charge is -2.11. The molecule has 0 saturated carbocycles. The van der Waals surface area contributed by atoms with E-state index in [0.29, 0.717) is 9.50 Å². The zero-order valence-corrected chi connectivity index (χ0v) is 17.8. The molecule has 0 aliphatic rings. The maximum Gasteiger partial charge on any atom is 0.345 e. The molecule has 0 N–H and O–H groups in total. The van der Waals surface area contributed by atoms with Crippen molar-refractivity contribution in [1.29, 1.82) is 0 Å². The normalized spacial score (nSPS) is 10.7. The largest absolute Gasteiger partial charge is 0.465 e. The minimum absolute atomic E-state index is 0.108. The van der Waals surface area contributed by atoms with Crippen molar-refractivity contribution in [1.82, 2.24) is 0 Å². The zero-order chi connectivity index (χ0) is 20.9. The lowest BCUT2D eigenvalue weighted by molar-refractivity contribution is -0.143. The SMILES string of the molecule is COC(=O)C(=Cc1cc(Br)ccc1OS(=O)(=O)c1ccc(Cl)cc1)C(=O)OC. The fourth-order valence-electron chi connectivity index (χ4n) is 2.05. The summed E-state index contributed by atoms with van der Waals surface area (Å²) < 4.78 is 40.0. The quantitative estimate of drug-likeness (QED) is 0.201. The maximum atomic E-state index is 12.5. The monoisotopic (exact) mass is 488 g/mol. The first-order valence-electron chi connectivity index (χ1n) is 7.56. The summed E-state index contributed by atoms with van der Waals surface area (Å²) in [7, 11) is -1.99. The molecular formula is C18H14BrClO7S. The van der Waals surface area contributed by atoms with Gasteiger partial charge >= 0.3 is 22.1 Å². The van der Waals surface area contributed by atoms with Gasteiger partial charge < -0.3 is 13.7 Å². The van der Waals surface area contributed by atoms with Crippen LogP contribution in [-0.4, -0.2) is 34.6 Å². The Hall–Kier alpha value is -2.36. The summed E-state index contributed by atoms with van der Waals surface area (Å²) in [6.45, 7) is 0. The van der Waals surface area contributed by atoms with E-state index in [2.05, 4.69) is 25.4 Å². The fraction of sp³-hybridized carbons (Fsp3) is 0.111. The van der Waals surface area contributed by atoms with E-state index in [9.17, 15) is 18.0 Å². The number of carbonyl (C=O) groups is 2. The molecule has 0 radical (unpaired) electrons. The molecule has 28 heavy (non-hydrogen) atoms. The first-order chi connectivity index (χ1) is 13.2. The third-order valence-corrected chi connectivity index (χ3v) is 5.38. The van der Waals surface area contributed by atoms with Crippen molar-refractivity contribution in [3.8, 4) is 5.75 Å². The van der Waals surface area contributed by atoms with Crippen molar-refractivity contribution >= 4 is 55.7 Å². The Morgan fingerprint density at radius 3 is 2.11 bits per heavy atom. The van der Waals surface area contributed by atoms with Gasteiger partial charge in [-0.15, -0.1) is 0 Å². The molecule has 0 aliphatic carbocycles. The summed E-state index contributed by atoms with van der Waals surface area (Å²) in [4.78, 5) is 23.6. The Kier molecular flexibility index (Phi) is 7.22. The van der Waals surface area contributed by atoms with Crippen LogP contribution in [0.3, 0.4) is 0 Å². The molecule has 148 valence electrons. The molecule has 0 aliphatic heterocycles. The van der Waals surface area contributed by atoms with Crippen LogP contribution in [0.5, 0.6) is 5.75 Å². The van der Waals surface area contributed by atoms with E-state index >= 15 is 0 Å². The molecule has 0 saturated heterocycles. The smallest absolute Gasteiger partial charge is 0.345 e. The van der Waals surface area contributed by atoms with Crippen LogP contribution < -0.4 is 4.18 Å². The number of ether oxygens (including phenoxy) is 2. The van der Waals surface area contributed by atoms with Crippen molar-refractivity contribution in [2.24, 2.45) is 0 Å². The highest BCUT2D eigenvalue weighted by molar-refractivity contribution is 9.10. The van der Waals surface area contributed by atoms with Gasteiger partial charge in [-0.2, -0.15) is 8.42 Å². The van der Waals surface area contributed by atoms with Crippen LogP contribution in [0.2, 0.25) is 5.02 Å². The zero-order valence-electron chi connectivity index (χ0n) is 14.6. The van der Waals surface area contributed by atoms with E-state index in [1.807, 2.05) is 0 Å².